The van der Waals surface area contributed by atoms with Crippen LogP contribution in [0.5, 0.6) is 0 Å². The Labute approximate surface area is 126 Å². The zero-order valence-electron chi connectivity index (χ0n) is 11.3. The van der Waals surface area contributed by atoms with Crippen LogP contribution in [0.15, 0.2) is 35.3 Å². The zero-order valence-corrected chi connectivity index (χ0v) is 12.1. The minimum atomic E-state index is -0.365. The molecule has 1 aromatic heterocycles. The molecule has 2 aromatic rings. The van der Waals surface area contributed by atoms with Crippen LogP contribution in [0.4, 0.5) is 5.69 Å². The fraction of sp³-hybridized carbons (Fsp3) is 0.286. The van der Waals surface area contributed by atoms with E-state index in [2.05, 4.69) is 14.9 Å². The second-order valence-corrected chi connectivity index (χ2v) is 5.35. The summed E-state index contributed by atoms with van der Waals surface area (Å²) in [6.07, 6.45) is 1.41. The number of nitrogens with zero attached hydrogens (tertiary/aromatic N) is 2. The molecule has 3 rings (SSSR count). The molecule has 7 heteroatoms. The molecular formula is C14H15ClN4O2. The molecule has 6 nitrogen and oxygen atoms in total. The molecule has 0 aliphatic carbocycles. The number of H-pyrrole nitrogens is 2. The molecule has 2 N–H and O–H groups in total. The van der Waals surface area contributed by atoms with E-state index in [0.717, 1.165) is 18.8 Å². The van der Waals surface area contributed by atoms with Crippen molar-refractivity contribution in [2.45, 2.75) is 0 Å². The van der Waals surface area contributed by atoms with Crippen molar-refractivity contribution in [2.24, 2.45) is 0 Å². The minimum absolute atomic E-state index is 0.154. The number of anilines is 1. The van der Waals surface area contributed by atoms with Gasteiger partial charge in [0.1, 0.15) is 5.69 Å². The Morgan fingerprint density at radius 2 is 1.95 bits per heavy atom. The molecule has 110 valence electrons. The van der Waals surface area contributed by atoms with Gasteiger partial charge in [0.2, 0.25) is 0 Å². The third-order valence-electron chi connectivity index (χ3n) is 3.57. The van der Waals surface area contributed by atoms with Crippen LogP contribution in [0.1, 0.15) is 10.5 Å². The summed E-state index contributed by atoms with van der Waals surface area (Å²) in [5.74, 6) is -0.154. The van der Waals surface area contributed by atoms with Gasteiger partial charge >= 0.3 is 5.69 Å². The maximum absolute atomic E-state index is 12.2. The quantitative estimate of drug-likeness (QED) is 0.879. The third kappa shape index (κ3) is 2.95. The second kappa shape index (κ2) is 5.65. The van der Waals surface area contributed by atoms with Gasteiger partial charge in [-0.15, -0.1) is 0 Å². The number of amides is 1. The maximum Gasteiger partial charge on any atom is 0.323 e. The van der Waals surface area contributed by atoms with Gasteiger partial charge in [-0.1, -0.05) is 17.7 Å². The van der Waals surface area contributed by atoms with Crippen molar-refractivity contribution in [3.63, 3.8) is 0 Å². The number of benzene rings is 1. The predicted octanol–water partition coefficient (Wildman–Crippen LogP) is 1.32. The molecule has 0 spiro atoms. The lowest BCUT2D eigenvalue weighted by Gasteiger charge is -2.36. The van der Waals surface area contributed by atoms with E-state index < -0.39 is 0 Å². The number of carbonyl (C=O) groups is 1. The molecule has 1 aliphatic heterocycles. The molecule has 1 saturated heterocycles. The predicted molar refractivity (Wildman–Crippen MR) is 81.0 cm³/mol. The van der Waals surface area contributed by atoms with Gasteiger partial charge in [0.15, 0.2) is 0 Å². The number of aromatic amines is 2. The van der Waals surface area contributed by atoms with Crippen LogP contribution in [0.2, 0.25) is 5.02 Å². The van der Waals surface area contributed by atoms with Crippen molar-refractivity contribution in [1.29, 1.82) is 0 Å². The fourth-order valence-electron chi connectivity index (χ4n) is 2.46. The number of piperazine rings is 1. The van der Waals surface area contributed by atoms with Crippen LogP contribution in [-0.2, 0) is 0 Å². The number of rotatable bonds is 2. The number of nitrogens with one attached hydrogen (secondary N) is 2. The summed E-state index contributed by atoms with van der Waals surface area (Å²) < 4.78 is 0. The van der Waals surface area contributed by atoms with Crippen LogP contribution in [0.25, 0.3) is 0 Å². The SMILES string of the molecule is O=C(c1c[nH]c(=O)[nH]1)N1CCN(c2cccc(Cl)c2)CC1. The van der Waals surface area contributed by atoms with Crippen molar-refractivity contribution in [3.05, 3.63) is 51.7 Å². The summed E-state index contributed by atoms with van der Waals surface area (Å²) in [6.45, 7) is 2.69. The highest BCUT2D eigenvalue weighted by Gasteiger charge is 2.23. The van der Waals surface area contributed by atoms with Crippen LogP contribution in [0.3, 0.4) is 0 Å². The summed E-state index contributed by atoms with van der Waals surface area (Å²) in [4.78, 5) is 32.1. The molecule has 1 aliphatic rings. The van der Waals surface area contributed by atoms with Crippen LogP contribution in [0, 0.1) is 0 Å². The molecule has 0 bridgehead atoms. The summed E-state index contributed by atoms with van der Waals surface area (Å²) in [7, 11) is 0. The standard InChI is InChI=1S/C14H15ClN4O2/c15-10-2-1-3-11(8-10)18-4-6-19(7-5-18)13(20)12-9-16-14(21)17-12/h1-3,8-9H,4-7H2,(H2,16,17,21). The molecule has 2 heterocycles. The van der Waals surface area contributed by atoms with Gasteiger partial charge in [0.05, 0.1) is 0 Å². The van der Waals surface area contributed by atoms with Gasteiger partial charge < -0.3 is 19.8 Å². The van der Waals surface area contributed by atoms with Crippen molar-refractivity contribution < 1.29 is 4.79 Å². The Morgan fingerprint density at radius 3 is 2.57 bits per heavy atom. The molecule has 0 radical (unpaired) electrons. The van der Waals surface area contributed by atoms with Gasteiger partial charge in [-0.25, -0.2) is 4.79 Å². The van der Waals surface area contributed by atoms with E-state index in [0.29, 0.717) is 23.8 Å². The number of carbonyl (C=O) groups excluding carboxylic acids is 1. The minimum Gasteiger partial charge on any atom is -0.368 e. The Bertz CT molecular complexity index is 701. The highest BCUT2D eigenvalue weighted by Crippen LogP contribution is 2.21. The molecule has 1 amide bonds. The second-order valence-electron chi connectivity index (χ2n) is 4.92. The lowest BCUT2D eigenvalue weighted by molar-refractivity contribution is 0.0741. The Balaban J connectivity index is 1.65. The van der Waals surface area contributed by atoms with Gasteiger partial charge in [-0.2, -0.15) is 0 Å². The van der Waals surface area contributed by atoms with Crippen molar-refractivity contribution in [2.75, 3.05) is 31.1 Å². The average molecular weight is 307 g/mol. The van der Waals surface area contributed by atoms with E-state index in [4.69, 9.17) is 11.6 Å². The number of halogens is 1. The molecule has 1 aromatic carbocycles. The topological polar surface area (TPSA) is 72.2 Å². The Morgan fingerprint density at radius 1 is 1.19 bits per heavy atom. The number of hydrogen-bond acceptors (Lipinski definition) is 3. The van der Waals surface area contributed by atoms with Crippen LogP contribution >= 0.6 is 11.6 Å². The lowest BCUT2D eigenvalue weighted by Crippen LogP contribution is -2.49. The first-order chi connectivity index (χ1) is 10.1. The maximum atomic E-state index is 12.2. The van der Waals surface area contributed by atoms with Crippen LogP contribution in [-0.4, -0.2) is 47.0 Å². The normalized spacial score (nSPS) is 15.3. The van der Waals surface area contributed by atoms with E-state index in [-0.39, 0.29) is 11.6 Å². The first-order valence-corrected chi connectivity index (χ1v) is 7.09. The fourth-order valence-corrected chi connectivity index (χ4v) is 2.64. The molecule has 0 saturated carbocycles. The average Bonchev–Trinajstić information content (AvgIpc) is 2.93. The summed E-state index contributed by atoms with van der Waals surface area (Å²) in [6, 6.07) is 7.68. The molecule has 0 atom stereocenters. The highest BCUT2D eigenvalue weighted by atomic mass is 35.5. The van der Waals surface area contributed by atoms with Gasteiger partial charge in [0.25, 0.3) is 5.91 Å². The first kappa shape index (κ1) is 13.8. The molecular weight excluding hydrogens is 292 g/mol. The summed E-state index contributed by atoms with van der Waals surface area (Å²) in [5.41, 5.74) is 0.997. The smallest absolute Gasteiger partial charge is 0.323 e. The number of hydrogen-bond donors (Lipinski definition) is 2. The monoisotopic (exact) mass is 306 g/mol. The Kier molecular flexibility index (Phi) is 3.70. The number of imidazole rings is 1. The van der Waals surface area contributed by atoms with E-state index in [1.165, 1.54) is 6.20 Å². The highest BCUT2D eigenvalue weighted by molar-refractivity contribution is 6.30. The van der Waals surface area contributed by atoms with E-state index in [9.17, 15) is 9.59 Å². The Hall–Kier alpha value is -2.21. The van der Waals surface area contributed by atoms with Crippen molar-refractivity contribution in [1.82, 2.24) is 14.9 Å². The van der Waals surface area contributed by atoms with Crippen molar-refractivity contribution in [3.8, 4) is 0 Å². The third-order valence-corrected chi connectivity index (χ3v) is 3.80. The van der Waals surface area contributed by atoms with E-state index in [1.807, 2.05) is 24.3 Å². The molecule has 21 heavy (non-hydrogen) atoms. The molecule has 1 fully saturated rings. The molecule has 0 unspecified atom stereocenters. The summed E-state index contributed by atoms with van der Waals surface area (Å²) >= 11 is 6.00. The lowest BCUT2D eigenvalue weighted by atomic mass is 10.2. The van der Waals surface area contributed by atoms with Gasteiger partial charge in [-0.3, -0.25) is 4.79 Å². The van der Waals surface area contributed by atoms with Gasteiger partial charge in [-0.05, 0) is 18.2 Å². The van der Waals surface area contributed by atoms with E-state index >= 15 is 0 Å². The van der Waals surface area contributed by atoms with E-state index in [1.54, 1.807) is 4.90 Å². The van der Waals surface area contributed by atoms with Crippen molar-refractivity contribution >= 4 is 23.2 Å². The first-order valence-electron chi connectivity index (χ1n) is 6.71. The zero-order chi connectivity index (χ0) is 14.8. The van der Waals surface area contributed by atoms with Gasteiger partial charge in [0, 0.05) is 43.1 Å². The summed E-state index contributed by atoms with van der Waals surface area (Å²) in [5, 5.41) is 0.705. The largest absolute Gasteiger partial charge is 0.368 e. The number of aromatic nitrogens is 2. The van der Waals surface area contributed by atoms with Crippen LogP contribution < -0.4 is 10.6 Å².